The summed E-state index contributed by atoms with van der Waals surface area (Å²) in [7, 11) is 0. The molecule has 0 aliphatic carbocycles. The highest BCUT2D eigenvalue weighted by molar-refractivity contribution is 7.22. The third-order valence-electron chi connectivity index (χ3n) is 7.50. The highest BCUT2D eigenvalue weighted by Crippen LogP contribution is 2.44. The molecule has 2 aromatic carbocycles. The number of morpholine rings is 2. The van der Waals surface area contributed by atoms with Crippen molar-refractivity contribution in [2.75, 3.05) is 73.0 Å². The largest absolute Gasteiger partial charge is 0.378 e. The Morgan fingerprint density at radius 3 is 1.32 bits per heavy atom. The minimum Gasteiger partial charge on any atom is -0.378 e. The molecule has 44 heavy (non-hydrogen) atoms. The minimum absolute atomic E-state index is 0.00810. The molecule has 2 aliphatic heterocycles. The molecule has 2 saturated heterocycles. The number of ketones is 1. The first kappa shape index (κ1) is 30.0. The molecule has 2 N–H and O–H groups in total. The van der Waals surface area contributed by atoms with Crippen molar-refractivity contribution in [3.63, 3.8) is 0 Å². The Labute approximate surface area is 264 Å². The molecule has 4 heterocycles. The standard InChI is InChI=1S/C33H34N4O5S2/c1-21(38)34-25-7-3-23(4-8-25)27-19-29(43-32(27)36-11-15-41-16-12-36)31(40)30-20-28(33(44-30)37-13-17-42-18-14-37)24-5-9-26(10-6-24)35-22(2)39/h3-10,19-20H,11-18H2,1-2H3,(H,34,38)(H,35,39). The van der Waals surface area contributed by atoms with Gasteiger partial charge < -0.3 is 29.9 Å². The molecule has 2 aliphatic rings. The summed E-state index contributed by atoms with van der Waals surface area (Å²) in [6.07, 6.45) is 0. The zero-order valence-corrected chi connectivity index (χ0v) is 26.3. The van der Waals surface area contributed by atoms with Crippen molar-refractivity contribution in [2.24, 2.45) is 0 Å². The smallest absolute Gasteiger partial charge is 0.221 e. The average molecular weight is 631 g/mol. The molecule has 0 radical (unpaired) electrons. The molecular weight excluding hydrogens is 597 g/mol. The highest BCUT2D eigenvalue weighted by atomic mass is 32.1. The van der Waals surface area contributed by atoms with Gasteiger partial charge in [0.15, 0.2) is 0 Å². The highest BCUT2D eigenvalue weighted by Gasteiger charge is 2.26. The molecule has 2 fully saturated rings. The molecule has 0 bridgehead atoms. The van der Waals surface area contributed by atoms with E-state index in [0.717, 1.165) is 69.8 Å². The van der Waals surface area contributed by atoms with E-state index in [1.165, 1.54) is 36.5 Å². The summed E-state index contributed by atoms with van der Waals surface area (Å²) in [5.74, 6) is -0.248. The molecular formula is C33H34N4O5S2. The van der Waals surface area contributed by atoms with Crippen LogP contribution >= 0.6 is 22.7 Å². The zero-order chi connectivity index (χ0) is 30.6. The lowest BCUT2D eigenvalue weighted by Gasteiger charge is -2.28. The predicted octanol–water partition coefficient (Wildman–Crippen LogP) is 5.96. The van der Waals surface area contributed by atoms with Crippen LogP contribution in [0.2, 0.25) is 0 Å². The fraction of sp³-hybridized carbons (Fsp3) is 0.303. The van der Waals surface area contributed by atoms with Crippen LogP contribution in [0.4, 0.5) is 21.4 Å². The second kappa shape index (κ2) is 13.3. The summed E-state index contributed by atoms with van der Waals surface area (Å²) in [4.78, 5) is 43.2. The predicted molar refractivity (Wildman–Crippen MR) is 178 cm³/mol. The van der Waals surface area contributed by atoms with Crippen LogP contribution in [0.15, 0.2) is 60.7 Å². The third kappa shape index (κ3) is 6.71. The van der Waals surface area contributed by atoms with Gasteiger partial charge in [-0.15, -0.1) is 22.7 Å². The van der Waals surface area contributed by atoms with Gasteiger partial charge in [0.25, 0.3) is 0 Å². The summed E-state index contributed by atoms with van der Waals surface area (Å²) in [5, 5.41) is 7.73. The Kier molecular flexibility index (Phi) is 9.08. The third-order valence-corrected chi connectivity index (χ3v) is 9.89. The number of nitrogens with zero attached hydrogens (tertiary/aromatic N) is 2. The lowest BCUT2D eigenvalue weighted by molar-refractivity contribution is -0.115. The summed E-state index contributed by atoms with van der Waals surface area (Å²) in [5.41, 5.74) is 5.41. The van der Waals surface area contributed by atoms with E-state index in [-0.39, 0.29) is 17.6 Å². The number of hydrogen-bond donors (Lipinski definition) is 2. The van der Waals surface area contributed by atoms with Crippen molar-refractivity contribution in [1.82, 2.24) is 0 Å². The van der Waals surface area contributed by atoms with E-state index >= 15 is 0 Å². The fourth-order valence-electron chi connectivity index (χ4n) is 5.40. The first-order chi connectivity index (χ1) is 21.4. The van der Waals surface area contributed by atoms with Crippen molar-refractivity contribution in [2.45, 2.75) is 13.8 Å². The van der Waals surface area contributed by atoms with Crippen molar-refractivity contribution >= 4 is 61.6 Å². The number of carbonyl (C=O) groups excluding carboxylic acids is 3. The van der Waals surface area contributed by atoms with E-state index in [1.807, 2.05) is 60.7 Å². The van der Waals surface area contributed by atoms with E-state index in [2.05, 4.69) is 20.4 Å². The van der Waals surface area contributed by atoms with Gasteiger partial charge in [-0.25, -0.2) is 0 Å². The monoisotopic (exact) mass is 630 g/mol. The number of thiophene rings is 2. The molecule has 2 aromatic heterocycles. The van der Waals surface area contributed by atoms with Crippen molar-refractivity contribution in [1.29, 1.82) is 0 Å². The molecule has 0 unspecified atom stereocenters. The topological polar surface area (TPSA) is 100 Å². The van der Waals surface area contributed by atoms with Gasteiger partial charge in [0.1, 0.15) is 0 Å². The maximum absolute atomic E-state index is 14.2. The fourth-order valence-corrected chi connectivity index (χ4v) is 7.83. The van der Waals surface area contributed by atoms with E-state index in [1.54, 1.807) is 0 Å². The summed E-state index contributed by atoms with van der Waals surface area (Å²) >= 11 is 3.03. The maximum atomic E-state index is 14.2. The minimum atomic E-state index is -0.120. The van der Waals surface area contributed by atoms with Gasteiger partial charge in [0.2, 0.25) is 17.6 Å². The Morgan fingerprint density at radius 1 is 0.614 bits per heavy atom. The Hall–Kier alpha value is -4.03. The Bertz CT molecular complexity index is 1530. The van der Waals surface area contributed by atoms with Gasteiger partial charge >= 0.3 is 0 Å². The normalized spacial score (nSPS) is 15.2. The van der Waals surface area contributed by atoms with Crippen molar-refractivity contribution < 1.29 is 23.9 Å². The lowest BCUT2D eigenvalue weighted by Crippen LogP contribution is -2.35. The van der Waals surface area contributed by atoms with E-state index < -0.39 is 0 Å². The molecule has 9 nitrogen and oxygen atoms in total. The molecule has 0 spiro atoms. The van der Waals surface area contributed by atoms with Crippen molar-refractivity contribution in [3.8, 4) is 22.3 Å². The number of amides is 2. The molecule has 228 valence electrons. The number of anilines is 4. The van der Waals surface area contributed by atoms with E-state index in [9.17, 15) is 14.4 Å². The number of benzene rings is 2. The average Bonchev–Trinajstić information content (AvgIpc) is 3.68. The van der Waals surface area contributed by atoms with Crippen LogP contribution < -0.4 is 20.4 Å². The van der Waals surface area contributed by atoms with E-state index in [4.69, 9.17) is 9.47 Å². The molecule has 11 heteroatoms. The quantitative estimate of drug-likeness (QED) is 0.232. The van der Waals surface area contributed by atoms with Crippen LogP contribution in [0.1, 0.15) is 28.4 Å². The van der Waals surface area contributed by atoms with Gasteiger partial charge in [0, 0.05) is 62.5 Å². The Balaban J connectivity index is 1.37. The van der Waals surface area contributed by atoms with Crippen LogP contribution in [0.25, 0.3) is 22.3 Å². The van der Waals surface area contributed by atoms with Crippen LogP contribution in [0.5, 0.6) is 0 Å². The summed E-state index contributed by atoms with van der Waals surface area (Å²) < 4.78 is 11.2. The molecule has 0 atom stereocenters. The first-order valence-electron chi connectivity index (χ1n) is 14.6. The lowest BCUT2D eigenvalue weighted by atomic mass is 10.0. The zero-order valence-electron chi connectivity index (χ0n) is 24.7. The second-order valence-corrected chi connectivity index (χ2v) is 12.8. The van der Waals surface area contributed by atoms with Gasteiger partial charge in [-0.1, -0.05) is 24.3 Å². The number of hydrogen-bond acceptors (Lipinski definition) is 9. The van der Waals surface area contributed by atoms with Gasteiger partial charge in [-0.2, -0.15) is 0 Å². The van der Waals surface area contributed by atoms with Crippen LogP contribution in [0, 0.1) is 0 Å². The number of rotatable bonds is 8. The van der Waals surface area contributed by atoms with Crippen LogP contribution in [-0.2, 0) is 19.1 Å². The molecule has 0 saturated carbocycles. The Morgan fingerprint density at radius 2 is 0.977 bits per heavy atom. The second-order valence-electron chi connectivity index (χ2n) is 10.7. The van der Waals surface area contributed by atoms with Crippen LogP contribution in [0.3, 0.4) is 0 Å². The summed E-state index contributed by atoms with van der Waals surface area (Å²) in [6.45, 7) is 8.55. The number of ether oxygens (including phenoxy) is 2. The van der Waals surface area contributed by atoms with Crippen molar-refractivity contribution in [3.05, 3.63) is 70.4 Å². The molecule has 4 aromatic rings. The summed E-state index contributed by atoms with van der Waals surface area (Å²) in [6, 6.07) is 19.5. The van der Waals surface area contributed by atoms with Gasteiger partial charge in [-0.05, 0) is 47.5 Å². The molecule has 2 amide bonds. The first-order valence-corrected chi connectivity index (χ1v) is 16.2. The maximum Gasteiger partial charge on any atom is 0.221 e. The number of nitrogens with one attached hydrogen (secondary N) is 2. The SMILES string of the molecule is CC(=O)Nc1ccc(-c2cc(C(=O)c3cc(-c4ccc(NC(C)=O)cc4)c(N4CCOCC4)s3)sc2N2CCOCC2)cc1. The molecule has 6 rings (SSSR count). The van der Waals surface area contributed by atoms with Crippen LogP contribution in [-0.4, -0.2) is 70.2 Å². The number of carbonyl (C=O) groups is 3. The van der Waals surface area contributed by atoms with Gasteiger partial charge in [0.05, 0.1) is 46.2 Å². The van der Waals surface area contributed by atoms with Gasteiger partial charge in [-0.3, -0.25) is 14.4 Å². The van der Waals surface area contributed by atoms with E-state index in [0.29, 0.717) is 36.2 Å².